The predicted molar refractivity (Wildman–Crippen MR) is 157 cm³/mol. The summed E-state index contributed by atoms with van der Waals surface area (Å²) in [5.41, 5.74) is 12.3. The molecule has 0 unspecified atom stereocenters. The number of piperidine rings is 1. The zero-order valence-corrected chi connectivity index (χ0v) is 23.3. The number of pyridine rings is 1. The van der Waals surface area contributed by atoms with Crippen molar-refractivity contribution in [2.75, 3.05) is 11.9 Å². The van der Waals surface area contributed by atoms with Crippen LogP contribution >= 0.6 is 11.3 Å². The minimum Gasteiger partial charge on any atom is -0.340 e. The SMILES string of the molecule is NC1(c2ccc(-c3ncc(NC(=O)C[C@H]4CC[C@H](N5CCCCC5=O)CC4)cc3-c3ccsc3)cc2)CCC1. The zero-order chi connectivity index (χ0) is 26.8. The van der Waals surface area contributed by atoms with E-state index in [0.29, 0.717) is 30.7 Å². The lowest BCUT2D eigenvalue weighted by Crippen LogP contribution is -2.45. The van der Waals surface area contributed by atoms with Crippen molar-refractivity contribution in [1.82, 2.24) is 9.88 Å². The number of hydrogen-bond acceptors (Lipinski definition) is 5. The van der Waals surface area contributed by atoms with Crippen LogP contribution in [-0.4, -0.2) is 34.3 Å². The number of aromatic nitrogens is 1. The summed E-state index contributed by atoms with van der Waals surface area (Å²) in [6.45, 7) is 0.905. The molecule has 39 heavy (non-hydrogen) atoms. The Bertz CT molecular complexity index is 1310. The van der Waals surface area contributed by atoms with Crippen LogP contribution in [0.15, 0.2) is 53.4 Å². The Morgan fingerprint density at radius 3 is 2.51 bits per heavy atom. The minimum atomic E-state index is -0.180. The van der Waals surface area contributed by atoms with Crippen LogP contribution in [0, 0.1) is 5.92 Å². The van der Waals surface area contributed by atoms with Crippen molar-refractivity contribution in [3.63, 3.8) is 0 Å². The molecule has 2 amide bonds. The van der Waals surface area contributed by atoms with E-state index in [2.05, 4.69) is 51.3 Å². The molecule has 0 atom stereocenters. The highest BCUT2D eigenvalue weighted by Gasteiger charge is 2.34. The van der Waals surface area contributed by atoms with Gasteiger partial charge in [-0.05, 0) is 97.7 Å². The minimum absolute atomic E-state index is 0.0383. The highest BCUT2D eigenvalue weighted by Crippen LogP contribution is 2.40. The van der Waals surface area contributed by atoms with E-state index in [1.165, 1.54) is 12.0 Å². The molecule has 204 valence electrons. The van der Waals surface area contributed by atoms with Gasteiger partial charge in [0.15, 0.2) is 0 Å². The molecule has 3 aliphatic rings. The topological polar surface area (TPSA) is 88.3 Å². The number of likely N-dealkylation sites (tertiary alicyclic amines) is 1. The number of anilines is 1. The predicted octanol–water partition coefficient (Wildman–Crippen LogP) is 6.71. The molecular weight excluding hydrogens is 504 g/mol. The number of nitrogens with one attached hydrogen (secondary N) is 1. The molecule has 1 aliphatic heterocycles. The van der Waals surface area contributed by atoms with Crippen LogP contribution in [0.3, 0.4) is 0 Å². The van der Waals surface area contributed by atoms with Crippen LogP contribution in [0.4, 0.5) is 5.69 Å². The average molecular weight is 543 g/mol. The van der Waals surface area contributed by atoms with Crippen molar-refractivity contribution in [2.24, 2.45) is 11.7 Å². The first-order valence-electron chi connectivity index (χ1n) is 14.5. The molecular formula is C32H38N4O2S. The maximum Gasteiger partial charge on any atom is 0.224 e. The number of hydrogen-bond donors (Lipinski definition) is 2. The van der Waals surface area contributed by atoms with E-state index in [0.717, 1.165) is 86.0 Å². The standard InChI is InChI=1S/C32H38N4O2S/c33-32(14-3-15-32)25-9-7-23(8-10-25)31-28(24-13-17-39-21-24)19-26(20-34-31)35-29(37)18-22-5-11-27(12-6-22)36-16-2-1-4-30(36)38/h7-10,13,17,19-22,27H,1-6,11-12,14-16,18,33H2,(H,35,37)/t22-,27-. The van der Waals surface area contributed by atoms with Crippen LogP contribution < -0.4 is 11.1 Å². The Balaban J connectivity index is 1.12. The van der Waals surface area contributed by atoms with E-state index in [1.54, 1.807) is 17.5 Å². The number of nitrogens with two attached hydrogens (primary N) is 1. The van der Waals surface area contributed by atoms with Gasteiger partial charge in [-0.3, -0.25) is 14.6 Å². The lowest BCUT2D eigenvalue weighted by molar-refractivity contribution is -0.136. The van der Waals surface area contributed by atoms with Gasteiger partial charge in [-0.25, -0.2) is 0 Å². The van der Waals surface area contributed by atoms with Gasteiger partial charge in [-0.1, -0.05) is 24.3 Å². The normalized spacial score (nSPS) is 22.8. The Kier molecular flexibility index (Phi) is 7.54. The molecule has 3 fully saturated rings. The fourth-order valence-corrected chi connectivity index (χ4v) is 7.21. The molecule has 1 saturated heterocycles. The van der Waals surface area contributed by atoms with E-state index in [4.69, 9.17) is 10.7 Å². The number of thiophene rings is 1. The molecule has 2 aromatic heterocycles. The molecule has 2 aliphatic carbocycles. The third kappa shape index (κ3) is 5.66. The summed E-state index contributed by atoms with van der Waals surface area (Å²) in [5, 5.41) is 7.30. The van der Waals surface area contributed by atoms with Crippen LogP contribution in [0.2, 0.25) is 0 Å². The highest BCUT2D eigenvalue weighted by atomic mass is 32.1. The van der Waals surface area contributed by atoms with Crippen molar-refractivity contribution in [3.8, 4) is 22.4 Å². The summed E-state index contributed by atoms with van der Waals surface area (Å²) in [6, 6.07) is 13.0. The second-order valence-electron chi connectivity index (χ2n) is 11.7. The lowest BCUT2D eigenvalue weighted by Gasteiger charge is -2.38. The first kappa shape index (κ1) is 26.2. The summed E-state index contributed by atoms with van der Waals surface area (Å²) >= 11 is 1.65. The molecule has 7 heteroatoms. The molecule has 6 rings (SSSR count). The van der Waals surface area contributed by atoms with Gasteiger partial charge in [-0.15, -0.1) is 0 Å². The quantitative estimate of drug-likeness (QED) is 0.347. The molecule has 3 aromatic rings. The zero-order valence-electron chi connectivity index (χ0n) is 22.5. The highest BCUT2D eigenvalue weighted by molar-refractivity contribution is 7.08. The second kappa shape index (κ2) is 11.2. The monoisotopic (exact) mass is 542 g/mol. The van der Waals surface area contributed by atoms with E-state index in [9.17, 15) is 9.59 Å². The van der Waals surface area contributed by atoms with Gasteiger partial charge in [0.2, 0.25) is 11.8 Å². The molecule has 3 N–H and O–H groups in total. The maximum absolute atomic E-state index is 13.0. The van der Waals surface area contributed by atoms with E-state index >= 15 is 0 Å². The van der Waals surface area contributed by atoms with Crippen LogP contribution in [0.5, 0.6) is 0 Å². The molecule has 0 radical (unpaired) electrons. The molecule has 3 heterocycles. The summed E-state index contributed by atoms with van der Waals surface area (Å²) in [6.07, 6.45) is 12.4. The summed E-state index contributed by atoms with van der Waals surface area (Å²) in [7, 11) is 0. The van der Waals surface area contributed by atoms with Crippen LogP contribution in [-0.2, 0) is 15.1 Å². The summed E-state index contributed by atoms with van der Waals surface area (Å²) in [4.78, 5) is 32.3. The smallest absolute Gasteiger partial charge is 0.224 e. The number of nitrogens with zero attached hydrogens (tertiary/aromatic N) is 2. The maximum atomic E-state index is 13.0. The van der Waals surface area contributed by atoms with Gasteiger partial charge in [-0.2, -0.15) is 11.3 Å². The van der Waals surface area contributed by atoms with Crippen LogP contribution in [0.1, 0.15) is 76.2 Å². The van der Waals surface area contributed by atoms with Crippen molar-refractivity contribution < 1.29 is 9.59 Å². The number of rotatable bonds is 7. The van der Waals surface area contributed by atoms with E-state index in [1.807, 2.05) is 6.07 Å². The summed E-state index contributed by atoms with van der Waals surface area (Å²) in [5.74, 6) is 0.721. The van der Waals surface area contributed by atoms with Gasteiger partial charge < -0.3 is 16.0 Å². The van der Waals surface area contributed by atoms with Crippen molar-refractivity contribution in [3.05, 3.63) is 58.9 Å². The third-order valence-electron chi connectivity index (χ3n) is 9.07. The van der Waals surface area contributed by atoms with Gasteiger partial charge in [0.1, 0.15) is 0 Å². The fraction of sp³-hybridized carbons (Fsp3) is 0.469. The van der Waals surface area contributed by atoms with E-state index < -0.39 is 0 Å². The Morgan fingerprint density at radius 2 is 1.85 bits per heavy atom. The Morgan fingerprint density at radius 1 is 1.05 bits per heavy atom. The largest absolute Gasteiger partial charge is 0.340 e. The van der Waals surface area contributed by atoms with Crippen molar-refractivity contribution in [2.45, 2.75) is 82.2 Å². The van der Waals surface area contributed by atoms with Crippen molar-refractivity contribution >= 4 is 28.8 Å². The van der Waals surface area contributed by atoms with E-state index in [-0.39, 0.29) is 11.4 Å². The molecule has 0 spiro atoms. The Hall–Kier alpha value is -3.03. The van der Waals surface area contributed by atoms with Gasteiger partial charge in [0.05, 0.1) is 17.6 Å². The van der Waals surface area contributed by atoms with Crippen molar-refractivity contribution in [1.29, 1.82) is 0 Å². The number of carbonyl (C=O) groups excluding carboxylic acids is 2. The molecule has 6 nitrogen and oxygen atoms in total. The lowest BCUT2D eigenvalue weighted by atomic mass is 9.72. The molecule has 2 saturated carbocycles. The van der Waals surface area contributed by atoms with Crippen LogP contribution in [0.25, 0.3) is 22.4 Å². The van der Waals surface area contributed by atoms with Gasteiger partial charge >= 0.3 is 0 Å². The molecule has 1 aromatic carbocycles. The average Bonchev–Trinajstić information content (AvgIpc) is 3.48. The number of benzene rings is 1. The Labute approximate surface area is 235 Å². The first-order chi connectivity index (χ1) is 19.0. The van der Waals surface area contributed by atoms with Gasteiger partial charge in [0, 0.05) is 42.1 Å². The number of amides is 2. The number of carbonyl (C=O) groups is 2. The summed E-state index contributed by atoms with van der Waals surface area (Å²) < 4.78 is 0. The van der Waals surface area contributed by atoms with Gasteiger partial charge in [0.25, 0.3) is 0 Å². The molecule has 0 bridgehead atoms. The third-order valence-corrected chi connectivity index (χ3v) is 9.76. The first-order valence-corrected chi connectivity index (χ1v) is 15.4. The fourth-order valence-electron chi connectivity index (χ4n) is 6.56. The second-order valence-corrected chi connectivity index (χ2v) is 12.5.